The highest BCUT2D eigenvalue weighted by molar-refractivity contribution is 5.62. The number of likely N-dealkylation sites (N-methyl/N-ethyl adjacent to an activating group) is 2. The molecule has 0 aliphatic carbocycles. The van der Waals surface area contributed by atoms with Crippen LogP contribution in [0.15, 0.2) is 12.1 Å². The first-order valence-electron chi connectivity index (χ1n) is 6.23. The fraction of sp³-hybridized carbons (Fsp3) is 0.571. The molecule has 0 spiro atoms. The van der Waals surface area contributed by atoms with Gasteiger partial charge in [0.05, 0.1) is 0 Å². The quantitative estimate of drug-likeness (QED) is 0.888. The lowest BCUT2D eigenvalue weighted by molar-refractivity contribution is 0.174. The Morgan fingerprint density at radius 3 is 2.50 bits per heavy atom. The topological polar surface area (TPSA) is 33.7 Å². The Labute approximate surface area is 109 Å². The van der Waals surface area contributed by atoms with E-state index in [-0.39, 0.29) is 5.54 Å². The molecule has 1 heterocycles. The number of hydrogen-bond donors (Lipinski definition) is 1. The van der Waals surface area contributed by atoms with Gasteiger partial charge in [-0.05, 0) is 39.4 Å². The van der Waals surface area contributed by atoms with E-state index in [0.717, 1.165) is 18.0 Å². The van der Waals surface area contributed by atoms with Gasteiger partial charge in [0, 0.05) is 30.9 Å². The van der Waals surface area contributed by atoms with Crippen LogP contribution >= 0.6 is 0 Å². The molecule has 4 heteroatoms. The van der Waals surface area contributed by atoms with E-state index in [4.69, 9.17) is 9.47 Å². The van der Waals surface area contributed by atoms with Crippen molar-refractivity contribution in [2.45, 2.75) is 26.3 Å². The number of fused-ring (bicyclic) bond motifs is 1. The van der Waals surface area contributed by atoms with Crippen LogP contribution in [-0.2, 0) is 0 Å². The number of benzene rings is 1. The number of rotatable bonds is 4. The number of anilines is 1. The molecule has 100 valence electrons. The lowest BCUT2D eigenvalue weighted by Gasteiger charge is -2.32. The van der Waals surface area contributed by atoms with Gasteiger partial charge < -0.3 is 19.7 Å². The number of nitrogens with one attached hydrogen (secondary N) is 1. The van der Waals surface area contributed by atoms with Crippen molar-refractivity contribution in [3.63, 3.8) is 0 Å². The minimum Gasteiger partial charge on any atom is -0.454 e. The van der Waals surface area contributed by atoms with Crippen LogP contribution in [-0.4, -0.2) is 33.0 Å². The van der Waals surface area contributed by atoms with E-state index in [1.165, 1.54) is 11.3 Å². The maximum absolute atomic E-state index is 5.44. The van der Waals surface area contributed by atoms with Crippen LogP contribution in [0.2, 0.25) is 0 Å². The van der Waals surface area contributed by atoms with E-state index in [2.05, 4.69) is 44.1 Å². The molecular weight excluding hydrogens is 228 g/mol. The normalized spacial score (nSPS) is 13.8. The molecule has 2 rings (SSSR count). The molecule has 1 N–H and O–H groups in total. The molecule has 4 nitrogen and oxygen atoms in total. The first-order valence-corrected chi connectivity index (χ1v) is 6.23. The number of hydrogen-bond acceptors (Lipinski definition) is 4. The molecule has 0 bridgehead atoms. The maximum atomic E-state index is 5.44. The average molecular weight is 250 g/mol. The SMILES string of the molecule is CNC(C)(C)CN(C)c1cc2c(cc1C)OCO2. The zero-order valence-electron chi connectivity index (χ0n) is 11.8. The van der Waals surface area contributed by atoms with Gasteiger partial charge in [-0.2, -0.15) is 0 Å². The first kappa shape index (κ1) is 13.0. The first-order chi connectivity index (χ1) is 8.43. The van der Waals surface area contributed by atoms with E-state index in [1.54, 1.807) is 0 Å². The van der Waals surface area contributed by atoms with Crippen molar-refractivity contribution in [2.75, 3.05) is 32.3 Å². The monoisotopic (exact) mass is 250 g/mol. The molecule has 0 amide bonds. The van der Waals surface area contributed by atoms with Crippen LogP contribution in [0.1, 0.15) is 19.4 Å². The number of nitrogens with zero attached hydrogens (tertiary/aromatic N) is 1. The molecule has 18 heavy (non-hydrogen) atoms. The maximum Gasteiger partial charge on any atom is 0.231 e. The molecule has 0 unspecified atom stereocenters. The number of aryl methyl sites for hydroxylation is 1. The van der Waals surface area contributed by atoms with Gasteiger partial charge in [-0.25, -0.2) is 0 Å². The van der Waals surface area contributed by atoms with Gasteiger partial charge in [0.25, 0.3) is 0 Å². The third-order valence-corrected chi connectivity index (χ3v) is 3.41. The van der Waals surface area contributed by atoms with E-state index in [0.29, 0.717) is 6.79 Å². The fourth-order valence-corrected chi connectivity index (χ4v) is 2.20. The van der Waals surface area contributed by atoms with E-state index < -0.39 is 0 Å². The smallest absolute Gasteiger partial charge is 0.231 e. The predicted octanol–water partition coefficient (Wildman–Crippen LogP) is 2.16. The zero-order valence-corrected chi connectivity index (χ0v) is 11.8. The molecular formula is C14H22N2O2. The highest BCUT2D eigenvalue weighted by Crippen LogP contribution is 2.38. The Kier molecular flexibility index (Phi) is 3.39. The second-order valence-corrected chi connectivity index (χ2v) is 5.48. The Hall–Kier alpha value is -1.42. The molecule has 0 saturated heterocycles. The van der Waals surface area contributed by atoms with Crippen LogP contribution in [0.3, 0.4) is 0 Å². The van der Waals surface area contributed by atoms with Crippen molar-refractivity contribution in [1.82, 2.24) is 5.32 Å². The van der Waals surface area contributed by atoms with Crippen molar-refractivity contribution in [3.05, 3.63) is 17.7 Å². The Morgan fingerprint density at radius 1 is 1.28 bits per heavy atom. The van der Waals surface area contributed by atoms with E-state index >= 15 is 0 Å². The summed E-state index contributed by atoms with van der Waals surface area (Å²) in [6.45, 7) is 7.71. The molecule has 0 aromatic heterocycles. The van der Waals surface area contributed by atoms with Crippen molar-refractivity contribution >= 4 is 5.69 Å². The van der Waals surface area contributed by atoms with Crippen molar-refractivity contribution in [1.29, 1.82) is 0 Å². The van der Waals surface area contributed by atoms with Crippen LogP contribution in [0.5, 0.6) is 11.5 Å². The minimum atomic E-state index is 0.0670. The summed E-state index contributed by atoms with van der Waals surface area (Å²) in [6.07, 6.45) is 0. The Morgan fingerprint density at radius 2 is 1.89 bits per heavy atom. The van der Waals surface area contributed by atoms with E-state index in [9.17, 15) is 0 Å². The Bertz CT molecular complexity index is 444. The zero-order chi connectivity index (χ0) is 13.3. The van der Waals surface area contributed by atoms with Gasteiger partial charge in [0.2, 0.25) is 6.79 Å². The van der Waals surface area contributed by atoms with Crippen LogP contribution in [0.4, 0.5) is 5.69 Å². The second-order valence-electron chi connectivity index (χ2n) is 5.48. The third-order valence-electron chi connectivity index (χ3n) is 3.41. The average Bonchev–Trinajstić information content (AvgIpc) is 2.74. The summed E-state index contributed by atoms with van der Waals surface area (Å²) in [5, 5.41) is 3.32. The third kappa shape index (κ3) is 2.53. The summed E-state index contributed by atoms with van der Waals surface area (Å²) in [7, 11) is 4.09. The molecule has 1 aromatic rings. The summed E-state index contributed by atoms with van der Waals surface area (Å²) in [5.41, 5.74) is 2.45. The van der Waals surface area contributed by atoms with Crippen molar-refractivity contribution in [2.24, 2.45) is 0 Å². The van der Waals surface area contributed by atoms with Crippen molar-refractivity contribution in [3.8, 4) is 11.5 Å². The van der Waals surface area contributed by atoms with Gasteiger partial charge in [0.15, 0.2) is 11.5 Å². The lowest BCUT2D eigenvalue weighted by atomic mass is 10.0. The van der Waals surface area contributed by atoms with Gasteiger partial charge in [0.1, 0.15) is 0 Å². The van der Waals surface area contributed by atoms with Crippen LogP contribution < -0.4 is 19.7 Å². The van der Waals surface area contributed by atoms with Crippen molar-refractivity contribution < 1.29 is 9.47 Å². The molecule has 1 aliphatic heterocycles. The summed E-state index contributed by atoms with van der Waals surface area (Å²) in [5.74, 6) is 1.68. The molecule has 0 radical (unpaired) electrons. The summed E-state index contributed by atoms with van der Waals surface area (Å²) in [6, 6.07) is 4.10. The minimum absolute atomic E-state index is 0.0670. The highest BCUT2D eigenvalue weighted by atomic mass is 16.7. The summed E-state index contributed by atoms with van der Waals surface area (Å²) in [4.78, 5) is 2.24. The van der Waals surface area contributed by atoms with Gasteiger partial charge in [-0.3, -0.25) is 0 Å². The Balaban J connectivity index is 2.23. The number of ether oxygens (including phenoxy) is 2. The van der Waals surface area contributed by atoms with Crippen LogP contribution in [0, 0.1) is 6.92 Å². The fourth-order valence-electron chi connectivity index (χ4n) is 2.20. The second kappa shape index (κ2) is 4.69. The standard InChI is InChI=1S/C14H22N2O2/c1-10-6-12-13(18-9-17-12)7-11(10)16(5)8-14(2,3)15-4/h6-7,15H,8-9H2,1-5H3. The molecule has 0 fully saturated rings. The molecule has 0 saturated carbocycles. The van der Waals surface area contributed by atoms with E-state index in [1.807, 2.05) is 13.1 Å². The molecule has 1 aliphatic rings. The highest BCUT2D eigenvalue weighted by Gasteiger charge is 2.21. The van der Waals surface area contributed by atoms with Gasteiger partial charge >= 0.3 is 0 Å². The predicted molar refractivity (Wildman–Crippen MR) is 73.7 cm³/mol. The summed E-state index contributed by atoms with van der Waals surface area (Å²) < 4.78 is 10.8. The summed E-state index contributed by atoms with van der Waals surface area (Å²) >= 11 is 0. The van der Waals surface area contributed by atoms with Gasteiger partial charge in [-0.15, -0.1) is 0 Å². The van der Waals surface area contributed by atoms with Crippen LogP contribution in [0.25, 0.3) is 0 Å². The molecule has 0 atom stereocenters. The largest absolute Gasteiger partial charge is 0.454 e. The van der Waals surface area contributed by atoms with Gasteiger partial charge in [-0.1, -0.05) is 0 Å². The lowest BCUT2D eigenvalue weighted by Crippen LogP contribution is -2.46. The molecule has 1 aromatic carbocycles.